The molecule has 0 saturated carbocycles. The zero-order valence-corrected chi connectivity index (χ0v) is 20.1. The van der Waals surface area contributed by atoms with E-state index in [9.17, 15) is 19.2 Å². The maximum atomic E-state index is 12.4. The van der Waals surface area contributed by atoms with Gasteiger partial charge in [-0.25, -0.2) is 4.79 Å². The topological polar surface area (TPSA) is 102 Å². The Labute approximate surface area is 204 Å². The average molecular weight is 538 g/mol. The molecule has 10 heteroatoms. The standard InChI is InChI=1S/C23H22BrClN2O6/c1-2-9-32-22(30)14-3-6-17(7-4-14)27-12-15(10-21(27)29)23(31)33-13-20(28)26-19-8-5-16(24)11-18(19)25/h3-8,11,15H,2,9-10,12-13H2,1H3,(H,26,28)/t15-/m1/s1. The number of nitrogens with one attached hydrogen (secondary N) is 1. The number of hydrogen-bond donors (Lipinski definition) is 1. The summed E-state index contributed by atoms with van der Waals surface area (Å²) in [6, 6.07) is 11.4. The Morgan fingerprint density at radius 3 is 2.55 bits per heavy atom. The lowest BCUT2D eigenvalue weighted by atomic mass is 10.1. The molecule has 33 heavy (non-hydrogen) atoms. The van der Waals surface area contributed by atoms with Crippen LogP contribution < -0.4 is 10.2 Å². The third kappa shape index (κ3) is 6.55. The van der Waals surface area contributed by atoms with Gasteiger partial charge in [-0.3, -0.25) is 14.4 Å². The van der Waals surface area contributed by atoms with Crippen molar-refractivity contribution in [3.8, 4) is 0 Å². The number of carbonyl (C=O) groups excluding carboxylic acids is 4. The van der Waals surface area contributed by atoms with Crippen LogP contribution in [0.3, 0.4) is 0 Å². The number of nitrogens with zero attached hydrogens (tertiary/aromatic N) is 1. The number of amides is 2. The zero-order chi connectivity index (χ0) is 24.0. The second-order valence-electron chi connectivity index (χ2n) is 7.37. The Balaban J connectivity index is 1.52. The molecule has 1 fully saturated rings. The monoisotopic (exact) mass is 536 g/mol. The molecule has 2 aromatic rings. The van der Waals surface area contributed by atoms with Crippen LogP contribution in [0, 0.1) is 5.92 Å². The van der Waals surface area contributed by atoms with Gasteiger partial charge in [0.05, 0.1) is 28.8 Å². The summed E-state index contributed by atoms with van der Waals surface area (Å²) in [4.78, 5) is 50.3. The van der Waals surface area contributed by atoms with Crippen LogP contribution in [-0.2, 0) is 23.9 Å². The van der Waals surface area contributed by atoms with E-state index in [1.165, 1.54) is 4.90 Å². The highest BCUT2D eigenvalue weighted by Crippen LogP contribution is 2.27. The van der Waals surface area contributed by atoms with E-state index in [1.807, 2.05) is 6.92 Å². The fourth-order valence-corrected chi connectivity index (χ4v) is 3.92. The fourth-order valence-electron chi connectivity index (χ4n) is 3.20. The summed E-state index contributed by atoms with van der Waals surface area (Å²) in [5, 5.41) is 2.91. The average Bonchev–Trinajstić information content (AvgIpc) is 3.19. The molecule has 8 nitrogen and oxygen atoms in total. The molecule has 0 radical (unpaired) electrons. The number of esters is 2. The van der Waals surface area contributed by atoms with Crippen molar-refractivity contribution in [1.29, 1.82) is 0 Å². The van der Waals surface area contributed by atoms with E-state index in [1.54, 1.807) is 42.5 Å². The second-order valence-corrected chi connectivity index (χ2v) is 8.69. The van der Waals surface area contributed by atoms with E-state index in [-0.39, 0.29) is 18.9 Å². The molecule has 0 spiro atoms. The van der Waals surface area contributed by atoms with Gasteiger partial charge in [0.15, 0.2) is 6.61 Å². The first-order chi connectivity index (χ1) is 15.8. The van der Waals surface area contributed by atoms with E-state index in [0.717, 1.165) is 10.9 Å². The number of anilines is 2. The zero-order valence-electron chi connectivity index (χ0n) is 17.8. The number of halogens is 2. The lowest BCUT2D eigenvalue weighted by Crippen LogP contribution is -2.28. The Morgan fingerprint density at radius 2 is 1.88 bits per heavy atom. The van der Waals surface area contributed by atoms with Gasteiger partial charge in [0.25, 0.3) is 5.91 Å². The molecule has 174 valence electrons. The molecule has 1 aliphatic rings. The predicted molar refractivity (Wildman–Crippen MR) is 126 cm³/mol. The summed E-state index contributed by atoms with van der Waals surface area (Å²) >= 11 is 9.34. The van der Waals surface area contributed by atoms with E-state index in [0.29, 0.717) is 28.6 Å². The van der Waals surface area contributed by atoms with Gasteiger partial charge >= 0.3 is 11.9 Å². The largest absolute Gasteiger partial charge is 0.462 e. The number of carbonyl (C=O) groups is 4. The molecule has 1 atom stereocenters. The van der Waals surface area contributed by atoms with E-state index in [2.05, 4.69) is 21.2 Å². The highest BCUT2D eigenvalue weighted by atomic mass is 79.9. The van der Waals surface area contributed by atoms with Gasteiger partial charge in [0.2, 0.25) is 5.91 Å². The Hall–Kier alpha value is -2.91. The summed E-state index contributed by atoms with van der Waals surface area (Å²) in [6.45, 7) is 1.87. The predicted octanol–water partition coefficient (Wildman–Crippen LogP) is 4.20. The van der Waals surface area contributed by atoms with Crippen LogP contribution in [0.2, 0.25) is 5.02 Å². The number of ether oxygens (including phenoxy) is 2. The van der Waals surface area contributed by atoms with Crippen molar-refractivity contribution in [3.05, 3.63) is 57.5 Å². The van der Waals surface area contributed by atoms with Crippen LogP contribution in [0.15, 0.2) is 46.9 Å². The van der Waals surface area contributed by atoms with Crippen molar-refractivity contribution < 1.29 is 28.7 Å². The lowest BCUT2D eigenvalue weighted by molar-refractivity contribution is -0.151. The van der Waals surface area contributed by atoms with E-state index >= 15 is 0 Å². The molecule has 0 bridgehead atoms. The number of rotatable bonds is 8. The number of hydrogen-bond acceptors (Lipinski definition) is 6. The van der Waals surface area contributed by atoms with Crippen molar-refractivity contribution in [2.75, 3.05) is 30.0 Å². The fraction of sp³-hybridized carbons (Fsp3) is 0.304. The smallest absolute Gasteiger partial charge is 0.338 e. The maximum absolute atomic E-state index is 12.4. The maximum Gasteiger partial charge on any atom is 0.338 e. The van der Waals surface area contributed by atoms with Crippen molar-refractivity contribution in [2.24, 2.45) is 5.92 Å². The molecule has 1 N–H and O–H groups in total. The van der Waals surface area contributed by atoms with Crippen LogP contribution >= 0.6 is 27.5 Å². The van der Waals surface area contributed by atoms with Crippen molar-refractivity contribution in [3.63, 3.8) is 0 Å². The minimum atomic E-state index is -0.698. The molecule has 2 amide bonds. The minimum absolute atomic E-state index is 0.0285. The molecular formula is C23H22BrClN2O6. The lowest BCUT2D eigenvalue weighted by Gasteiger charge is -2.17. The van der Waals surface area contributed by atoms with Gasteiger partial charge in [-0.15, -0.1) is 0 Å². The molecule has 2 aromatic carbocycles. The first-order valence-electron chi connectivity index (χ1n) is 10.3. The molecular weight excluding hydrogens is 516 g/mol. The van der Waals surface area contributed by atoms with Gasteiger partial charge < -0.3 is 19.7 Å². The van der Waals surface area contributed by atoms with Crippen molar-refractivity contribution >= 4 is 62.7 Å². The summed E-state index contributed by atoms with van der Waals surface area (Å²) in [7, 11) is 0. The summed E-state index contributed by atoms with van der Waals surface area (Å²) in [6.07, 6.45) is 0.697. The Morgan fingerprint density at radius 1 is 1.15 bits per heavy atom. The highest BCUT2D eigenvalue weighted by molar-refractivity contribution is 9.10. The molecule has 3 rings (SSSR count). The third-order valence-corrected chi connectivity index (χ3v) is 5.67. The summed E-state index contributed by atoms with van der Waals surface area (Å²) in [5.41, 5.74) is 1.34. The van der Waals surface area contributed by atoms with Gasteiger partial charge in [-0.05, 0) is 48.9 Å². The minimum Gasteiger partial charge on any atom is -0.462 e. The Kier molecular flexibility index (Phi) is 8.46. The quantitative estimate of drug-likeness (QED) is 0.506. The molecule has 1 saturated heterocycles. The molecule has 1 aliphatic heterocycles. The third-order valence-electron chi connectivity index (χ3n) is 4.86. The van der Waals surface area contributed by atoms with Crippen LogP contribution in [0.1, 0.15) is 30.1 Å². The first kappa shape index (κ1) is 24.7. The molecule has 0 unspecified atom stereocenters. The van der Waals surface area contributed by atoms with Gasteiger partial charge in [0, 0.05) is 23.1 Å². The van der Waals surface area contributed by atoms with Crippen LogP contribution in [0.25, 0.3) is 0 Å². The molecule has 0 aromatic heterocycles. The SMILES string of the molecule is CCCOC(=O)c1ccc(N2C[C@H](C(=O)OCC(=O)Nc3ccc(Br)cc3Cl)CC2=O)cc1. The van der Waals surface area contributed by atoms with Gasteiger partial charge in [-0.1, -0.05) is 34.5 Å². The molecule has 1 heterocycles. The van der Waals surface area contributed by atoms with Crippen molar-refractivity contribution in [2.45, 2.75) is 19.8 Å². The van der Waals surface area contributed by atoms with Crippen molar-refractivity contribution in [1.82, 2.24) is 0 Å². The van der Waals surface area contributed by atoms with Crippen LogP contribution in [-0.4, -0.2) is 43.5 Å². The van der Waals surface area contributed by atoms with E-state index < -0.39 is 30.4 Å². The van der Waals surface area contributed by atoms with Gasteiger partial charge in [0.1, 0.15) is 0 Å². The summed E-state index contributed by atoms with van der Waals surface area (Å²) in [5.74, 6) is -2.55. The first-order valence-corrected chi connectivity index (χ1v) is 11.4. The normalized spacial score (nSPS) is 15.3. The van der Waals surface area contributed by atoms with Gasteiger partial charge in [-0.2, -0.15) is 0 Å². The van der Waals surface area contributed by atoms with Crippen LogP contribution in [0.4, 0.5) is 11.4 Å². The second kappa shape index (κ2) is 11.3. The molecule has 0 aliphatic carbocycles. The summed E-state index contributed by atoms with van der Waals surface area (Å²) < 4.78 is 10.9. The Bertz CT molecular complexity index is 1060. The van der Waals surface area contributed by atoms with Crippen LogP contribution in [0.5, 0.6) is 0 Å². The van der Waals surface area contributed by atoms with E-state index in [4.69, 9.17) is 21.1 Å². The number of benzene rings is 2. The highest BCUT2D eigenvalue weighted by Gasteiger charge is 2.36.